The summed E-state index contributed by atoms with van der Waals surface area (Å²) in [5.74, 6) is 8.12. The summed E-state index contributed by atoms with van der Waals surface area (Å²) in [6.07, 6.45) is 3.51. The smallest absolute Gasteiger partial charge is 0.143 e. The van der Waals surface area contributed by atoms with E-state index in [4.69, 9.17) is 10.8 Å². The van der Waals surface area contributed by atoms with Gasteiger partial charge < -0.3 is 5.43 Å². The predicted molar refractivity (Wildman–Crippen MR) is 73.8 cm³/mol. The molecule has 1 heterocycles. The minimum Gasteiger partial charge on any atom is -0.308 e. The summed E-state index contributed by atoms with van der Waals surface area (Å²) in [5, 5.41) is 0. The first-order valence-corrected chi connectivity index (χ1v) is 6.78. The molecule has 96 valence electrons. The number of hydrogen-bond donors (Lipinski definition) is 2. The van der Waals surface area contributed by atoms with Gasteiger partial charge >= 0.3 is 0 Å². The van der Waals surface area contributed by atoms with Crippen LogP contribution >= 0.6 is 0 Å². The average molecular weight is 252 g/mol. The summed E-state index contributed by atoms with van der Waals surface area (Å²) in [4.78, 5) is 9.29. The van der Waals surface area contributed by atoms with Crippen LogP contribution in [0, 0.1) is 0 Å². The van der Waals surface area contributed by atoms with Crippen LogP contribution in [0.25, 0.3) is 0 Å². The Balaban J connectivity index is 1.74. The molecule has 0 radical (unpaired) electrons. The van der Waals surface area contributed by atoms with E-state index in [9.17, 15) is 0 Å². The number of benzene rings is 1. The van der Waals surface area contributed by atoms with Gasteiger partial charge in [0.05, 0.1) is 0 Å². The third-order valence-electron chi connectivity index (χ3n) is 4.07. The van der Waals surface area contributed by atoms with E-state index >= 15 is 0 Å². The Hall–Kier alpha value is -1.94. The molecule has 1 atom stereocenters. The van der Waals surface area contributed by atoms with E-state index in [1.54, 1.807) is 0 Å². The van der Waals surface area contributed by atoms with Gasteiger partial charge in [-0.2, -0.15) is 0 Å². The van der Waals surface area contributed by atoms with E-state index in [0.29, 0.717) is 11.8 Å². The summed E-state index contributed by atoms with van der Waals surface area (Å²) in [7, 11) is 0. The molecule has 0 bridgehead atoms. The van der Waals surface area contributed by atoms with Gasteiger partial charge in [0.2, 0.25) is 0 Å². The molecule has 0 saturated heterocycles. The van der Waals surface area contributed by atoms with Gasteiger partial charge in [-0.05, 0) is 30.4 Å². The number of anilines is 1. The highest BCUT2D eigenvalue weighted by Crippen LogP contribution is 2.42. The highest BCUT2D eigenvalue weighted by Gasteiger charge is 2.32. The Bertz CT molecular complexity index is 634. The molecule has 4 heteroatoms. The molecule has 1 fully saturated rings. The first-order valence-electron chi connectivity index (χ1n) is 6.78. The van der Waals surface area contributed by atoms with Crippen molar-refractivity contribution in [2.24, 2.45) is 5.84 Å². The van der Waals surface area contributed by atoms with Crippen molar-refractivity contribution < 1.29 is 0 Å². The number of nitrogen functional groups attached to an aromatic ring is 1. The summed E-state index contributed by atoms with van der Waals surface area (Å²) in [6, 6.07) is 10.5. The van der Waals surface area contributed by atoms with Crippen molar-refractivity contribution in [2.75, 3.05) is 5.43 Å². The zero-order valence-electron chi connectivity index (χ0n) is 10.6. The van der Waals surface area contributed by atoms with Crippen LogP contribution < -0.4 is 11.3 Å². The van der Waals surface area contributed by atoms with Gasteiger partial charge in [0, 0.05) is 23.6 Å². The molecule has 2 aliphatic carbocycles. The van der Waals surface area contributed by atoms with Crippen molar-refractivity contribution in [3.8, 4) is 0 Å². The quantitative estimate of drug-likeness (QED) is 0.650. The van der Waals surface area contributed by atoms with E-state index in [1.807, 2.05) is 6.07 Å². The maximum Gasteiger partial charge on any atom is 0.143 e. The van der Waals surface area contributed by atoms with Gasteiger partial charge in [0.1, 0.15) is 11.6 Å². The van der Waals surface area contributed by atoms with E-state index < -0.39 is 0 Å². The minimum absolute atomic E-state index is 0.335. The largest absolute Gasteiger partial charge is 0.308 e. The van der Waals surface area contributed by atoms with Gasteiger partial charge in [0.15, 0.2) is 0 Å². The number of hydrogen-bond acceptors (Lipinski definition) is 4. The first kappa shape index (κ1) is 10.9. The molecule has 0 aliphatic heterocycles. The molecule has 0 spiro atoms. The van der Waals surface area contributed by atoms with Crippen LogP contribution in [0.1, 0.15) is 47.3 Å². The second-order valence-electron chi connectivity index (χ2n) is 5.41. The third kappa shape index (κ3) is 1.79. The van der Waals surface area contributed by atoms with Gasteiger partial charge in [-0.1, -0.05) is 24.3 Å². The molecule has 4 rings (SSSR count). The maximum atomic E-state index is 5.52. The van der Waals surface area contributed by atoms with Gasteiger partial charge in [-0.25, -0.2) is 15.8 Å². The van der Waals surface area contributed by atoms with E-state index in [0.717, 1.165) is 23.8 Å². The lowest BCUT2D eigenvalue weighted by molar-refractivity contribution is 0.654. The molecule has 1 unspecified atom stereocenters. The Morgan fingerprint density at radius 1 is 1.16 bits per heavy atom. The molecule has 1 aromatic heterocycles. The van der Waals surface area contributed by atoms with Crippen molar-refractivity contribution >= 4 is 5.82 Å². The van der Waals surface area contributed by atoms with Crippen LogP contribution in [0.3, 0.4) is 0 Å². The van der Waals surface area contributed by atoms with Crippen molar-refractivity contribution in [3.05, 3.63) is 53.0 Å². The number of nitrogens with one attached hydrogen (secondary N) is 1. The first-order chi connectivity index (χ1) is 9.35. The van der Waals surface area contributed by atoms with Crippen molar-refractivity contribution in [1.29, 1.82) is 0 Å². The fourth-order valence-corrected chi connectivity index (χ4v) is 2.79. The molecule has 19 heavy (non-hydrogen) atoms. The third-order valence-corrected chi connectivity index (χ3v) is 4.07. The number of nitrogens with two attached hydrogens (primary N) is 1. The van der Waals surface area contributed by atoms with Crippen molar-refractivity contribution in [1.82, 2.24) is 9.97 Å². The SMILES string of the molecule is NNc1cc(C2CC2)nc(C2Cc3ccccc32)n1. The lowest BCUT2D eigenvalue weighted by atomic mass is 9.77. The topological polar surface area (TPSA) is 63.8 Å². The summed E-state index contributed by atoms with van der Waals surface area (Å²) in [6.45, 7) is 0. The normalized spacial score (nSPS) is 20.6. The molecule has 2 aliphatic rings. The van der Waals surface area contributed by atoms with Crippen LogP contribution in [0.15, 0.2) is 30.3 Å². The molecule has 1 aromatic carbocycles. The number of aromatic nitrogens is 2. The molecule has 4 nitrogen and oxygen atoms in total. The molecule has 2 aromatic rings. The fraction of sp³-hybridized carbons (Fsp3) is 0.333. The monoisotopic (exact) mass is 252 g/mol. The molecule has 0 amide bonds. The fourth-order valence-electron chi connectivity index (χ4n) is 2.79. The van der Waals surface area contributed by atoms with Gasteiger partial charge in [-0.15, -0.1) is 0 Å². The maximum absolute atomic E-state index is 5.52. The van der Waals surface area contributed by atoms with Crippen LogP contribution in [0.4, 0.5) is 5.82 Å². The average Bonchev–Trinajstić information content (AvgIpc) is 3.24. The van der Waals surface area contributed by atoms with E-state index in [1.165, 1.54) is 24.0 Å². The minimum atomic E-state index is 0.335. The van der Waals surface area contributed by atoms with Crippen LogP contribution in [-0.4, -0.2) is 9.97 Å². The van der Waals surface area contributed by atoms with Crippen LogP contribution in [0.2, 0.25) is 0 Å². The van der Waals surface area contributed by atoms with Gasteiger partial charge in [-0.3, -0.25) is 0 Å². The van der Waals surface area contributed by atoms with Crippen molar-refractivity contribution in [3.63, 3.8) is 0 Å². The second kappa shape index (κ2) is 4.03. The highest BCUT2D eigenvalue weighted by atomic mass is 15.3. The highest BCUT2D eigenvalue weighted by molar-refractivity contribution is 5.46. The molecular weight excluding hydrogens is 236 g/mol. The van der Waals surface area contributed by atoms with Crippen LogP contribution in [-0.2, 0) is 6.42 Å². The van der Waals surface area contributed by atoms with E-state index in [-0.39, 0.29) is 0 Å². The molecular formula is C15H16N4. The standard InChI is InChI=1S/C15H16N4/c16-19-14-8-13(9-5-6-9)17-15(18-14)12-7-10-3-1-2-4-11(10)12/h1-4,8-9,12H,5-7,16H2,(H,17,18,19). The van der Waals surface area contributed by atoms with Crippen LogP contribution in [0.5, 0.6) is 0 Å². The Morgan fingerprint density at radius 2 is 2.00 bits per heavy atom. The Morgan fingerprint density at radius 3 is 2.74 bits per heavy atom. The lowest BCUT2D eigenvalue weighted by Gasteiger charge is -2.29. The second-order valence-corrected chi connectivity index (χ2v) is 5.41. The molecule has 3 N–H and O–H groups in total. The summed E-state index contributed by atoms with van der Waals surface area (Å²) in [5.41, 5.74) is 6.58. The van der Waals surface area contributed by atoms with Crippen molar-refractivity contribution in [2.45, 2.75) is 31.1 Å². The molecule has 1 saturated carbocycles. The number of fused-ring (bicyclic) bond motifs is 1. The lowest BCUT2D eigenvalue weighted by Crippen LogP contribution is -2.22. The van der Waals surface area contributed by atoms with E-state index in [2.05, 4.69) is 34.7 Å². The zero-order chi connectivity index (χ0) is 12.8. The Kier molecular flexibility index (Phi) is 2.32. The Labute approximate surface area is 112 Å². The predicted octanol–water partition coefficient (Wildman–Crippen LogP) is 2.33. The number of hydrazine groups is 1. The van der Waals surface area contributed by atoms with Gasteiger partial charge in [0.25, 0.3) is 0 Å². The zero-order valence-corrected chi connectivity index (χ0v) is 10.6. The summed E-state index contributed by atoms with van der Waals surface area (Å²) >= 11 is 0. The summed E-state index contributed by atoms with van der Waals surface area (Å²) < 4.78 is 0. The number of nitrogens with zero attached hydrogens (tertiary/aromatic N) is 2. The number of rotatable bonds is 3.